The zero-order chi connectivity index (χ0) is 17.7. The molecule has 2 fully saturated rings. The first-order chi connectivity index (χ1) is 12.7. The fraction of sp³-hybridized carbons (Fsp3) is 0.409. The highest BCUT2D eigenvalue weighted by atomic mass is 16.5. The summed E-state index contributed by atoms with van der Waals surface area (Å²) in [6.45, 7) is 2.45. The van der Waals surface area contributed by atoms with Crippen molar-refractivity contribution in [1.82, 2.24) is 4.90 Å². The molecule has 2 aromatic rings. The average Bonchev–Trinajstić information content (AvgIpc) is 3.23. The molecule has 1 heterocycles. The van der Waals surface area contributed by atoms with Gasteiger partial charge in [-0.05, 0) is 41.0 Å². The van der Waals surface area contributed by atoms with Crippen LogP contribution in [-0.2, 0) is 16.1 Å². The second-order valence-corrected chi connectivity index (χ2v) is 7.79. The first-order valence-corrected chi connectivity index (χ1v) is 9.38. The molecule has 0 bridgehead atoms. The minimum Gasteiger partial charge on any atom is -0.490 e. The minimum absolute atomic E-state index is 0.0394. The minimum atomic E-state index is -0.0943. The van der Waals surface area contributed by atoms with E-state index in [9.17, 15) is 4.79 Å². The number of benzene rings is 2. The molecule has 134 valence electrons. The smallest absolute Gasteiger partial charge is 0.311 e. The summed E-state index contributed by atoms with van der Waals surface area (Å²) < 4.78 is 11.0. The third kappa shape index (κ3) is 2.99. The van der Waals surface area contributed by atoms with Crippen LogP contribution in [0.25, 0.3) is 10.8 Å². The normalized spacial score (nSPS) is 24.7. The highest BCUT2D eigenvalue weighted by Crippen LogP contribution is 2.45. The lowest BCUT2D eigenvalue weighted by Crippen LogP contribution is -2.49. The van der Waals surface area contributed by atoms with E-state index < -0.39 is 0 Å². The molecule has 0 N–H and O–H groups in total. The van der Waals surface area contributed by atoms with Gasteiger partial charge in [0, 0.05) is 32.0 Å². The van der Waals surface area contributed by atoms with E-state index in [1.54, 1.807) is 5.57 Å². The van der Waals surface area contributed by atoms with Crippen LogP contribution in [0.2, 0.25) is 0 Å². The second-order valence-electron chi connectivity index (χ2n) is 7.79. The molecule has 2 unspecified atom stereocenters. The monoisotopic (exact) mass is 349 g/mol. The lowest BCUT2D eigenvalue weighted by molar-refractivity contribution is -0.151. The maximum absolute atomic E-state index is 11.5. The van der Waals surface area contributed by atoms with Gasteiger partial charge >= 0.3 is 5.97 Å². The molecular weight excluding hydrogens is 326 g/mol. The van der Waals surface area contributed by atoms with E-state index in [0.717, 1.165) is 44.1 Å². The number of carbonyl (C=O) groups excluding carboxylic acids is 1. The van der Waals surface area contributed by atoms with Crippen molar-refractivity contribution >= 4 is 16.7 Å². The summed E-state index contributed by atoms with van der Waals surface area (Å²) in [5, 5.41) is 2.45. The lowest BCUT2D eigenvalue weighted by atomic mass is 9.99. The summed E-state index contributed by atoms with van der Waals surface area (Å²) in [5.74, 6) is 1.66. The molecule has 0 spiro atoms. The van der Waals surface area contributed by atoms with Crippen LogP contribution in [0.15, 0.2) is 48.0 Å². The first kappa shape index (κ1) is 15.9. The number of esters is 1. The molecule has 1 aliphatic heterocycles. The first-order valence-electron chi connectivity index (χ1n) is 9.38. The number of rotatable bonds is 5. The molecule has 2 aliphatic carbocycles. The third-order valence-corrected chi connectivity index (χ3v) is 5.84. The molecule has 2 atom stereocenters. The number of allylic oxidation sites excluding steroid dienone is 1. The Kier molecular flexibility index (Phi) is 3.75. The number of hydrogen-bond donors (Lipinski definition) is 0. The number of nitrogens with zero attached hydrogens (tertiary/aromatic N) is 1. The molecule has 2 aromatic carbocycles. The predicted octanol–water partition coefficient (Wildman–Crippen LogP) is 3.54. The molecule has 4 nitrogen and oxygen atoms in total. The van der Waals surface area contributed by atoms with Crippen LogP contribution < -0.4 is 4.74 Å². The lowest BCUT2D eigenvalue weighted by Gasteiger charge is -2.37. The number of methoxy groups -OCH3 is 1. The van der Waals surface area contributed by atoms with Crippen LogP contribution in [0.4, 0.5) is 0 Å². The Balaban J connectivity index is 1.23. The van der Waals surface area contributed by atoms with Gasteiger partial charge in [-0.25, -0.2) is 0 Å². The Bertz CT molecular complexity index is 897. The van der Waals surface area contributed by atoms with Gasteiger partial charge in [0.25, 0.3) is 0 Å². The quantitative estimate of drug-likeness (QED) is 0.611. The Morgan fingerprint density at radius 2 is 1.96 bits per heavy atom. The highest BCUT2D eigenvalue weighted by molar-refractivity contribution is 5.84. The van der Waals surface area contributed by atoms with Gasteiger partial charge in [-0.3, -0.25) is 9.69 Å². The number of ether oxygens (including phenoxy) is 2. The van der Waals surface area contributed by atoms with Gasteiger partial charge in [-0.15, -0.1) is 0 Å². The summed E-state index contributed by atoms with van der Waals surface area (Å²) in [7, 11) is 1.46. The van der Waals surface area contributed by atoms with Crippen molar-refractivity contribution in [3.63, 3.8) is 0 Å². The zero-order valence-electron chi connectivity index (χ0n) is 15.0. The third-order valence-electron chi connectivity index (χ3n) is 5.84. The van der Waals surface area contributed by atoms with Crippen molar-refractivity contribution in [2.24, 2.45) is 11.8 Å². The summed E-state index contributed by atoms with van der Waals surface area (Å²) in [5.41, 5.74) is 2.86. The zero-order valence-corrected chi connectivity index (χ0v) is 15.0. The topological polar surface area (TPSA) is 38.8 Å². The van der Waals surface area contributed by atoms with E-state index >= 15 is 0 Å². The molecule has 1 saturated heterocycles. The summed E-state index contributed by atoms with van der Waals surface area (Å²) in [6, 6.07) is 13.0. The Hall–Kier alpha value is -2.33. The molecule has 0 amide bonds. The van der Waals surface area contributed by atoms with Crippen molar-refractivity contribution in [2.45, 2.75) is 25.5 Å². The summed E-state index contributed by atoms with van der Waals surface area (Å²) in [4.78, 5) is 13.8. The van der Waals surface area contributed by atoms with Gasteiger partial charge in [0.15, 0.2) is 0 Å². The molecule has 0 aromatic heterocycles. The SMILES string of the molecule is COC(=O)C1CN(Cc2ccc3cc(OC4CC5=CC5C4)ccc3c2)C1. The molecule has 26 heavy (non-hydrogen) atoms. The summed E-state index contributed by atoms with van der Waals surface area (Å²) >= 11 is 0. The van der Waals surface area contributed by atoms with Crippen molar-refractivity contribution in [3.8, 4) is 5.75 Å². The van der Waals surface area contributed by atoms with Crippen molar-refractivity contribution in [3.05, 3.63) is 53.6 Å². The summed E-state index contributed by atoms with van der Waals surface area (Å²) in [6.07, 6.45) is 4.96. The maximum Gasteiger partial charge on any atom is 0.311 e. The van der Waals surface area contributed by atoms with Gasteiger partial charge in [0.1, 0.15) is 11.9 Å². The fourth-order valence-electron chi connectivity index (χ4n) is 4.28. The van der Waals surface area contributed by atoms with E-state index in [0.29, 0.717) is 6.10 Å². The molecule has 1 saturated carbocycles. The van der Waals surface area contributed by atoms with E-state index in [1.807, 2.05) is 0 Å². The van der Waals surface area contributed by atoms with Crippen LogP contribution in [0.5, 0.6) is 5.75 Å². The van der Waals surface area contributed by atoms with Gasteiger partial charge < -0.3 is 9.47 Å². The molecule has 0 radical (unpaired) electrons. The number of likely N-dealkylation sites (tertiary alicyclic amines) is 1. The van der Waals surface area contributed by atoms with E-state index in [4.69, 9.17) is 9.47 Å². The standard InChI is InChI=1S/C22H23NO3/c1-25-22(24)19-12-23(13-19)11-14-2-3-16-8-20(5-4-15(16)6-14)26-21-9-17-7-18(17)10-21/h2-8,17,19,21H,9-13H2,1H3. The van der Waals surface area contributed by atoms with Crippen LogP contribution in [0.1, 0.15) is 18.4 Å². The van der Waals surface area contributed by atoms with Crippen molar-refractivity contribution in [2.75, 3.05) is 20.2 Å². The largest absolute Gasteiger partial charge is 0.490 e. The Morgan fingerprint density at radius 1 is 1.15 bits per heavy atom. The van der Waals surface area contributed by atoms with E-state index in [2.05, 4.69) is 47.4 Å². The number of carbonyl (C=O) groups is 1. The van der Waals surface area contributed by atoms with Gasteiger partial charge in [0.05, 0.1) is 13.0 Å². The maximum atomic E-state index is 11.5. The highest BCUT2D eigenvalue weighted by Gasteiger charge is 2.37. The average molecular weight is 349 g/mol. The molecule has 5 rings (SSSR count). The predicted molar refractivity (Wildman–Crippen MR) is 100.0 cm³/mol. The molecule has 3 aliphatic rings. The fourth-order valence-corrected chi connectivity index (χ4v) is 4.28. The van der Waals surface area contributed by atoms with Crippen LogP contribution >= 0.6 is 0 Å². The van der Waals surface area contributed by atoms with Crippen LogP contribution in [0.3, 0.4) is 0 Å². The van der Waals surface area contributed by atoms with Gasteiger partial charge in [-0.2, -0.15) is 0 Å². The van der Waals surface area contributed by atoms with Crippen molar-refractivity contribution < 1.29 is 14.3 Å². The molecular formula is C22H23NO3. The Morgan fingerprint density at radius 3 is 2.73 bits per heavy atom. The van der Waals surface area contributed by atoms with Crippen LogP contribution in [-0.4, -0.2) is 37.2 Å². The Labute approximate surface area is 153 Å². The number of fused-ring (bicyclic) bond motifs is 2. The van der Waals surface area contributed by atoms with E-state index in [-0.39, 0.29) is 11.9 Å². The van der Waals surface area contributed by atoms with Gasteiger partial charge in [0.2, 0.25) is 0 Å². The number of hydrogen-bond acceptors (Lipinski definition) is 4. The van der Waals surface area contributed by atoms with Gasteiger partial charge in [-0.1, -0.05) is 29.8 Å². The molecule has 4 heteroatoms. The second kappa shape index (κ2) is 6.13. The van der Waals surface area contributed by atoms with Crippen molar-refractivity contribution in [1.29, 1.82) is 0 Å². The van der Waals surface area contributed by atoms with Crippen LogP contribution in [0, 0.1) is 11.8 Å². The van der Waals surface area contributed by atoms with E-state index in [1.165, 1.54) is 23.4 Å².